The minimum Gasteiger partial charge on any atom is -0.506 e. The fourth-order valence-corrected chi connectivity index (χ4v) is 5.47. The van der Waals surface area contributed by atoms with Crippen molar-refractivity contribution in [3.63, 3.8) is 0 Å². The molecule has 1 N–H and O–H groups in total. The third kappa shape index (κ3) is 4.89. The normalized spacial score (nSPS) is 13.8. The van der Waals surface area contributed by atoms with Crippen LogP contribution in [0.1, 0.15) is 59.4 Å². The van der Waals surface area contributed by atoms with Crippen molar-refractivity contribution < 1.29 is 14.6 Å². The number of thiocarbonyl (C=S) groups is 1. The zero-order chi connectivity index (χ0) is 23.7. The molecule has 1 aliphatic heterocycles. The van der Waals surface area contributed by atoms with Gasteiger partial charge in [-0.25, -0.2) is 4.79 Å². The third-order valence-electron chi connectivity index (χ3n) is 6.29. The van der Waals surface area contributed by atoms with Crippen molar-refractivity contribution in [2.75, 3.05) is 19.7 Å². The second kappa shape index (κ2) is 11.2. The molecule has 0 radical (unpaired) electrons. The molecule has 2 heterocycles. The molecule has 0 saturated carbocycles. The van der Waals surface area contributed by atoms with Gasteiger partial charge in [0.05, 0.1) is 32.7 Å². The first-order valence-electron chi connectivity index (χ1n) is 11.4. The molecule has 5 nitrogen and oxygen atoms in total. The van der Waals surface area contributed by atoms with Crippen LogP contribution in [0.5, 0.6) is 5.75 Å². The average Bonchev–Trinajstić information content (AvgIpc) is 3.42. The molecular formula is C26H30BrClN2O3S. The lowest BCUT2D eigenvalue weighted by atomic mass is 10.00. The van der Waals surface area contributed by atoms with Crippen molar-refractivity contribution in [3.05, 3.63) is 62.8 Å². The number of hydrogen-bond donors (Lipinski definition) is 1. The maximum Gasteiger partial charge on any atom is 0.341 e. The van der Waals surface area contributed by atoms with Crippen LogP contribution in [-0.2, 0) is 17.8 Å². The minimum atomic E-state index is -0.413. The van der Waals surface area contributed by atoms with Gasteiger partial charge in [0, 0.05) is 24.0 Å². The highest BCUT2D eigenvalue weighted by Gasteiger charge is 2.31. The number of carbonyl (C=O) groups excluding carboxylic acids is 1. The number of hydrogen-bond acceptors (Lipinski definition) is 5. The van der Waals surface area contributed by atoms with E-state index in [1.807, 2.05) is 44.2 Å². The van der Waals surface area contributed by atoms with Crippen LogP contribution in [0.3, 0.4) is 0 Å². The van der Waals surface area contributed by atoms with Gasteiger partial charge in [0.1, 0.15) is 5.75 Å². The zero-order valence-electron chi connectivity index (χ0n) is 19.7. The Morgan fingerprint density at radius 3 is 2.41 bits per heavy atom. The Morgan fingerprint density at radius 2 is 1.82 bits per heavy atom. The monoisotopic (exact) mass is 564 g/mol. The molecule has 182 valence electrons. The van der Waals surface area contributed by atoms with E-state index in [0.29, 0.717) is 33.7 Å². The largest absolute Gasteiger partial charge is 0.506 e. The first kappa shape index (κ1) is 26.7. The van der Waals surface area contributed by atoms with Gasteiger partial charge >= 0.3 is 5.97 Å². The lowest BCUT2D eigenvalue weighted by Gasteiger charge is -2.18. The van der Waals surface area contributed by atoms with Crippen LogP contribution in [0.4, 0.5) is 0 Å². The van der Waals surface area contributed by atoms with Crippen LogP contribution >= 0.6 is 40.6 Å². The SMILES string of the molecule is CCOC(=O)c1c(C(=S)c2ccc(C)cc2)n(CC)c2cc(Br)c(O)c(CN3CCCC3)c12.Cl. The van der Waals surface area contributed by atoms with Crippen LogP contribution < -0.4 is 0 Å². The minimum absolute atomic E-state index is 0. The fraction of sp³-hybridized carbons (Fsp3) is 0.385. The van der Waals surface area contributed by atoms with Crippen LogP contribution in [0.2, 0.25) is 0 Å². The van der Waals surface area contributed by atoms with Gasteiger partial charge in [-0.1, -0.05) is 42.0 Å². The second-order valence-electron chi connectivity index (χ2n) is 8.45. The second-order valence-corrected chi connectivity index (χ2v) is 9.71. The van der Waals surface area contributed by atoms with E-state index in [-0.39, 0.29) is 24.8 Å². The number of phenols is 1. The standard InChI is InChI=1S/C26H29BrN2O3S.ClH/c1-4-29-20-14-19(27)24(30)18(15-28-12-6-7-13-28)21(20)22(26(31)32-5-2)23(29)25(33)17-10-8-16(3)9-11-17;/h8-11,14,30H,4-7,12-13,15H2,1-3H3;1H. The lowest BCUT2D eigenvalue weighted by Crippen LogP contribution is -2.19. The smallest absolute Gasteiger partial charge is 0.341 e. The maximum absolute atomic E-state index is 13.4. The Kier molecular flexibility index (Phi) is 8.79. The van der Waals surface area contributed by atoms with Crippen LogP contribution in [-0.4, -0.2) is 45.1 Å². The fourth-order valence-electron chi connectivity index (χ4n) is 4.67. The molecule has 0 atom stereocenters. The number of halogens is 2. The van der Waals surface area contributed by atoms with E-state index >= 15 is 0 Å². The summed E-state index contributed by atoms with van der Waals surface area (Å²) in [6.45, 7) is 9.28. The molecule has 34 heavy (non-hydrogen) atoms. The number of rotatable bonds is 7. The predicted molar refractivity (Wildman–Crippen MR) is 147 cm³/mol. The third-order valence-corrected chi connectivity index (χ3v) is 7.32. The summed E-state index contributed by atoms with van der Waals surface area (Å²) in [7, 11) is 0. The molecule has 3 aromatic rings. The number of phenolic OH excluding ortho intramolecular Hbond substituents is 1. The number of likely N-dealkylation sites (tertiary alicyclic amines) is 1. The molecule has 0 amide bonds. The van der Waals surface area contributed by atoms with E-state index in [1.54, 1.807) is 6.92 Å². The van der Waals surface area contributed by atoms with Crippen molar-refractivity contribution in [1.82, 2.24) is 9.47 Å². The highest BCUT2D eigenvalue weighted by Crippen LogP contribution is 2.41. The van der Waals surface area contributed by atoms with Crippen molar-refractivity contribution in [1.29, 1.82) is 0 Å². The summed E-state index contributed by atoms with van der Waals surface area (Å²) in [6.07, 6.45) is 2.28. The number of ether oxygens (including phenoxy) is 1. The van der Waals surface area contributed by atoms with E-state index in [2.05, 4.69) is 25.4 Å². The van der Waals surface area contributed by atoms with Gasteiger partial charge in [-0.3, -0.25) is 4.90 Å². The van der Waals surface area contributed by atoms with Crippen LogP contribution in [0.15, 0.2) is 34.8 Å². The van der Waals surface area contributed by atoms with Gasteiger partial charge in [0.15, 0.2) is 0 Å². The number of aryl methyl sites for hydroxylation is 2. The molecule has 1 fully saturated rings. The van der Waals surface area contributed by atoms with Gasteiger partial charge in [-0.2, -0.15) is 0 Å². The van der Waals surface area contributed by atoms with E-state index in [1.165, 1.54) is 0 Å². The van der Waals surface area contributed by atoms with Crippen molar-refractivity contribution in [3.8, 4) is 5.75 Å². The number of benzene rings is 2. The van der Waals surface area contributed by atoms with E-state index in [4.69, 9.17) is 17.0 Å². The van der Waals surface area contributed by atoms with Crippen molar-refractivity contribution >= 4 is 62.3 Å². The number of carbonyl (C=O) groups is 1. The molecule has 4 rings (SSSR count). The lowest BCUT2D eigenvalue weighted by molar-refractivity contribution is 0.0528. The van der Waals surface area contributed by atoms with Crippen molar-refractivity contribution in [2.24, 2.45) is 0 Å². The van der Waals surface area contributed by atoms with Gasteiger partial charge in [0.25, 0.3) is 0 Å². The summed E-state index contributed by atoms with van der Waals surface area (Å²) in [4.78, 5) is 16.3. The first-order chi connectivity index (χ1) is 15.9. The highest BCUT2D eigenvalue weighted by atomic mass is 79.9. The Labute approximate surface area is 220 Å². The average molecular weight is 566 g/mol. The Hall–Kier alpha value is -1.93. The quantitative estimate of drug-likeness (QED) is 0.204. The molecule has 0 unspecified atom stereocenters. The van der Waals surface area contributed by atoms with Crippen molar-refractivity contribution in [2.45, 2.75) is 46.7 Å². The molecule has 0 spiro atoms. The van der Waals surface area contributed by atoms with Gasteiger partial charge < -0.3 is 14.4 Å². The van der Waals surface area contributed by atoms with E-state index < -0.39 is 5.97 Å². The molecule has 1 saturated heterocycles. The number of nitrogens with zero attached hydrogens (tertiary/aromatic N) is 2. The molecule has 1 aromatic heterocycles. The molecule has 8 heteroatoms. The first-order valence-corrected chi connectivity index (χ1v) is 12.6. The highest BCUT2D eigenvalue weighted by molar-refractivity contribution is 9.10. The molecule has 0 aliphatic carbocycles. The zero-order valence-corrected chi connectivity index (χ0v) is 22.9. The predicted octanol–water partition coefficient (Wildman–Crippen LogP) is 6.40. The molecule has 1 aliphatic rings. The summed E-state index contributed by atoms with van der Waals surface area (Å²) in [5, 5.41) is 11.8. The number of esters is 1. The summed E-state index contributed by atoms with van der Waals surface area (Å²) in [5.41, 5.74) is 4.74. The summed E-state index contributed by atoms with van der Waals surface area (Å²) in [6, 6.07) is 9.90. The molecular weight excluding hydrogens is 536 g/mol. The summed E-state index contributed by atoms with van der Waals surface area (Å²) in [5.74, 6) is -0.246. The van der Waals surface area contributed by atoms with E-state index in [0.717, 1.165) is 53.5 Å². The molecule has 0 bridgehead atoms. The summed E-state index contributed by atoms with van der Waals surface area (Å²) >= 11 is 9.50. The number of fused-ring (bicyclic) bond motifs is 1. The Morgan fingerprint density at radius 1 is 1.18 bits per heavy atom. The molecule has 2 aromatic carbocycles. The summed E-state index contributed by atoms with van der Waals surface area (Å²) < 4.78 is 8.20. The topological polar surface area (TPSA) is 54.7 Å². The van der Waals surface area contributed by atoms with Gasteiger partial charge in [0.2, 0.25) is 0 Å². The maximum atomic E-state index is 13.4. The Bertz CT molecular complexity index is 1220. The Balaban J connectivity index is 0.00000324. The number of aromatic hydroxyl groups is 1. The van der Waals surface area contributed by atoms with Crippen LogP contribution in [0, 0.1) is 6.92 Å². The van der Waals surface area contributed by atoms with E-state index in [9.17, 15) is 9.90 Å². The number of aromatic nitrogens is 1. The van der Waals surface area contributed by atoms with Gasteiger partial charge in [-0.15, -0.1) is 12.4 Å². The van der Waals surface area contributed by atoms with Gasteiger partial charge in [-0.05, 0) is 74.3 Å². The van der Waals surface area contributed by atoms with Crippen LogP contribution in [0.25, 0.3) is 10.9 Å².